The molecule has 8 heteroatoms. The number of aromatic carboxylic acids is 1. The Kier molecular flexibility index (Phi) is 3.58. The summed E-state index contributed by atoms with van der Waals surface area (Å²) in [6.07, 6.45) is 0. The van der Waals surface area contributed by atoms with Crippen LogP contribution in [0, 0.1) is 0 Å². The Morgan fingerprint density at radius 2 is 1.96 bits per heavy atom. The van der Waals surface area contributed by atoms with E-state index in [0.29, 0.717) is 11.5 Å². The van der Waals surface area contributed by atoms with E-state index in [1.54, 1.807) is 18.2 Å². The molecule has 0 spiro atoms. The van der Waals surface area contributed by atoms with Gasteiger partial charge in [-0.1, -0.05) is 0 Å². The Hall–Kier alpha value is -3.39. The molecule has 136 valence electrons. The minimum atomic E-state index is -0.969. The van der Waals surface area contributed by atoms with Crippen molar-refractivity contribution < 1.29 is 14.6 Å². The van der Waals surface area contributed by atoms with E-state index in [1.165, 1.54) is 0 Å². The van der Waals surface area contributed by atoms with Crippen LogP contribution in [-0.4, -0.2) is 57.5 Å². The number of carboxylic acid groups (broad SMARTS) is 1. The number of H-pyrrole nitrogens is 2. The van der Waals surface area contributed by atoms with E-state index in [9.17, 15) is 9.90 Å². The van der Waals surface area contributed by atoms with Crippen LogP contribution in [0.4, 0.5) is 5.69 Å². The average molecular weight is 363 g/mol. The molecule has 1 aliphatic rings. The van der Waals surface area contributed by atoms with Crippen molar-refractivity contribution in [1.29, 1.82) is 0 Å². The van der Waals surface area contributed by atoms with Gasteiger partial charge >= 0.3 is 5.97 Å². The molecule has 1 saturated heterocycles. The normalized spacial score (nSPS) is 14.9. The predicted octanol–water partition coefficient (Wildman–Crippen LogP) is 2.64. The molecule has 3 heterocycles. The van der Waals surface area contributed by atoms with Crippen molar-refractivity contribution >= 4 is 33.6 Å². The van der Waals surface area contributed by atoms with Crippen LogP contribution in [-0.2, 0) is 4.74 Å². The Morgan fingerprint density at radius 3 is 2.78 bits per heavy atom. The number of morpholine rings is 1. The van der Waals surface area contributed by atoms with Crippen LogP contribution < -0.4 is 4.90 Å². The van der Waals surface area contributed by atoms with E-state index in [2.05, 4.69) is 37.2 Å². The van der Waals surface area contributed by atoms with E-state index in [1.807, 2.05) is 6.07 Å². The van der Waals surface area contributed by atoms with Crippen LogP contribution in [0.3, 0.4) is 0 Å². The number of hydrogen-bond acceptors (Lipinski definition) is 5. The van der Waals surface area contributed by atoms with Gasteiger partial charge in [-0.25, -0.2) is 9.78 Å². The fraction of sp³-hybridized carbons (Fsp3) is 0.211. The second kappa shape index (κ2) is 6.10. The van der Waals surface area contributed by atoms with Crippen LogP contribution in [0.1, 0.15) is 10.4 Å². The highest BCUT2D eigenvalue weighted by molar-refractivity contribution is 5.98. The Balaban J connectivity index is 1.58. The highest BCUT2D eigenvalue weighted by atomic mass is 16.5. The fourth-order valence-electron chi connectivity index (χ4n) is 3.46. The zero-order valence-corrected chi connectivity index (χ0v) is 14.4. The summed E-state index contributed by atoms with van der Waals surface area (Å²) in [5, 5.41) is 17.2. The quantitative estimate of drug-likeness (QED) is 0.516. The minimum absolute atomic E-state index is 0.218. The number of anilines is 1. The largest absolute Gasteiger partial charge is 0.478 e. The minimum Gasteiger partial charge on any atom is -0.478 e. The Bertz CT molecular complexity index is 1160. The van der Waals surface area contributed by atoms with E-state index >= 15 is 0 Å². The number of fused-ring (bicyclic) bond motifs is 2. The molecule has 3 N–H and O–H groups in total. The molecular formula is C19H17N5O3. The van der Waals surface area contributed by atoms with E-state index < -0.39 is 5.97 Å². The lowest BCUT2D eigenvalue weighted by Crippen LogP contribution is -2.36. The van der Waals surface area contributed by atoms with Crippen LogP contribution >= 0.6 is 0 Å². The number of aromatic nitrogens is 4. The third-order valence-electron chi connectivity index (χ3n) is 4.88. The Labute approximate surface area is 153 Å². The predicted molar refractivity (Wildman–Crippen MR) is 101 cm³/mol. The highest BCUT2D eigenvalue weighted by Crippen LogP contribution is 2.28. The van der Waals surface area contributed by atoms with Gasteiger partial charge in [0, 0.05) is 24.2 Å². The molecule has 1 fully saturated rings. The number of carboxylic acids is 1. The average Bonchev–Trinajstić information content (AvgIpc) is 3.31. The molecule has 2 aromatic carbocycles. The van der Waals surface area contributed by atoms with Crippen molar-refractivity contribution in [3.05, 3.63) is 42.0 Å². The molecule has 0 amide bonds. The second-order valence-electron chi connectivity index (χ2n) is 6.52. The van der Waals surface area contributed by atoms with Crippen LogP contribution in [0.5, 0.6) is 0 Å². The maximum atomic E-state index is 11.3. The lowest BCUT2D eigenvalue weighted by molar-refractivity contribution is 0.0697. The summed E-state index contributed by atoms with van der Waals surface area (Å²) in [5.74, 6) is -0.360. The van der Waals surface area contributed by atoms with Gasteiger partial charge in [-0.3, -0.25) is 5.10 Å². The maximum Gasteiger partial charge on any atom is 0.335 e. The first-order chi connectivity index (χ1) is 13.2. The third kappa shape index (κ3) is 2.70. The molecule has 27 heavy (non-hydrogen) atoms. The number of carbonyl (C=O) groups is 1. The van der Waals surface area contributed by atoms with Gasteiger partial charge in [0.25, 0.3) is 0 Å². The monoisotopic (exact) mass is 363 g/mol. The summed E-state index contributed by atoms with van der Waals surface area (Å²) in [6.45, 7) is 3.21. The van der Waals surface area contributed by atoms with Crippen LogP contribution in [0.25, 0.3) is 33.5 Å². The van der Waals surface area contributed by atoms with Crippen molar-refractivity contribution in [2.75, 3.05) is 31.2 Å². The van der Waals surface area contributed by atoms with E-state index in [4.69, 9.17) is 4.74 Å². The highest BCUT2D eigenvalue weighted by Gasteiger charge is 2.16. The molecule has 0 bridgehead atoms. The fourth-order valence-corrected chi connectivity index (χ4v) is 3.46. The zero-order chi connectivity index (χ0) is 18.4. The van der Waals surface area contributed by atoms with Gasteiger partial charge in [0.15, 0.2) is 5.82 Å². The number of rotatable bonds is 3. The molecule has 4 aromatic rings. The van der Waals surface area contributed by atoms with Crippen molar-refractivity contribution in [1.82, 2.24) is 20.2 Å². The standard InChI is InChI=1S/C19H17N5O3/c25-19(26)11-1-3-14-13(9-11)17(23-22-14)18-20-15-4-2-12(10-16(15)21-18)24-5-7-27-8-6-24/h1-4,9-10H,5-8H2,(H,20,21)(H,22,23)(H,25,26). The van der Waals surface area contributed by atoms with E-state index in [-0.39, 0.29) is 5.56 Å². The molecule has 8 nitrogen and oxygen atoms in total. The third-order valence-corrected chi connectivity index (χ3v) is 4.88. The van der Waals surface area contributed by atoms with Gasteiger partial charge in [0.05, 0.1) is 35.3 Å². The summed E-state index contributed by atoms with van der Waals surface area (Å²) >= 11 is 0. The molecule has 2 aromatic heterocycles. The zero-order valence-electron chi connectivity index (χ0n) is 14.4. The number of imidazole rings is 1. The van der Waals surface area contributed by atoms with Gasteiger partial charge in [-0.05, 0) is 36.4 Å². The van der Waals surface area contributed by atoms with Crippen LogP contribution in [0.2, 0.25) is 0 Å². The van der Waals surface area contributed by atoms with Crippen molar-refractivity contribution in [2.45, 2.75) is 0 Å². The van der Waals surface area contributed by atoms with Crippen LogP contribution in [0.15, 0.2) is 36.4 Å². The van der Waals surface area contributed by atoms with Gasteiger partial charge < -0.3 is 19.7 Å². The lowest BCUT2D eigenvalue weighted by atomic mass is 10.1. The van der Waals surface area contributed by atoms with Gasteiger partial charge in [-0.2, -0.15) is 5.10 Å². The summed E-state index contributed by atoms with van der Waals surface area (Å²) in [4.78, 5) is 21.5. The number of nitrogens with one attached hydrogen (secondary N) is 2. The second-order valence-corrected chi connectivity index (χ2v) is 6.52. The summed E-state index contributed by atoms with van der Waals surface area (Å²) < 4.78 is 5.41. The number of hydrogen-bond donors (Lipinski definition) is 3. The summed E-state index contributed by atoms with van der Waals surface area (Å²) in [7, 11) is 0. The summed E-state index contributed by atoms with van der Waals surface area (Å²) in [5.41, 5.74) is 4.48. The molecule has 0 atom stereocenters. The SMILES string of the molecule is O=C(O)c1ccc2[nH]nc(-c3nc4ccc(N5CCOCC5)cc4[nH]3)c2c1. The van der Waals surface area contributed by atoms with Gasteiger partial charge in [0.2, 0.25) is 0 Å². The first-order valence-corrected chi connectivity index (χ1v) is 8.73. The summed E-state index contributed by atoms with van der Waals surface area (Å²) in [6, 6.07) is 11.0. The number of benzene rings is 2. The lowest BCUT2D eigenvalue weighted by Gasteiger charge is -2.28. The van der Waals surface area contributed by atoms with Crippen molar-refractivity contribution in [3.8, 4) is 11.5 Å². The van der Waals surface area contributed by atoms with Crippen molar-refractivity contribution in [2.24, 2.45) is 0 Å². The maximum absolute atomic E-state index is 11.3. The molecular weight excluding hydrogens is 346 g/mol. The number of aromatic amines is 2. The van der Waals surface area contributed by atoms with Gasteiger partial charge in [0.1, 0.15) is 5.69 Å². The van der Waals surface area contributed by atoms with Crippen molar-refractivity contribution in [3.63, 3.8) is 0 Å². The molecule has 0 aliphatic carbocycles. The topological polar surface area (TPSA) is 107 Å². The number of ether oxygens (including phenoxy) is 1. The Morgan fingerprint density at radius 1 is 1.11 bits per heavy atom. The first kappa shape index (κ1) is 15.8. The number of nitrogens with zero attached hydrogens (tertiary/aromatic N) is 3. The van der Waals surface area contributed by atoms with E-state index in [0.717, 1.165) is 53.9 Å². The molecule has 0 saturated carbocycles. The molecule has 0 radical (unpaired) electrons. The molecule has 0 unspecified atom stereocenters. The molecule has 1 aliphatic heterocycles. The molecule has 5 rings (SSSR count). The van der Waals surface area contributed by atoms with Gasteiger partial charge in [-0.15, -0.1) is 0 Å². The first-order valence-electron chi connectivity index (χ1n) is 8.73. The smallest absolute Gasteiger partial charge is 0.335 e.